The second-order valence-corrected chi connectivity index (χ2v) is 13.1. The molecule has 1 fully saturated rings. The molecule has 1 atom stereocenters. The van der Waals surface area contributed by atoms with Crippen LogP contribution in [0.3, 0.4) is 0 Å². The molecule has 0 radical (unpaired) electrons. The highest BCUT2D eigenvalue weighted by atomic mass is 16.6. The van der Waals surface area contributed by atoms with E-state index in [9.17, 15) is 14.4 Å². The molecule has 3 aromatic carbocycles. The Labute approximate surface area is 274 Å². The quantitative estimate of drug-likeness (QED) is 0.218. The SMILES string of the molecule is Cc1cn(-c2cc(CN3CCC[C@H](NC(=O)OC(C)(C)C)C3)cc(NC(=O)c3cccc(Oc4ccc5c(c4)CNC5=O)c3)c2)cn1. The summed E-state index contributed by atoms with van der Waals surface area (Å²) in [5.41, 5.74) is 4.84. The third-order valence-corrected chi connectivity index (χ3v) is 7.97. The van der Waals surface area contributed by atoms with E-state index in [1.807, 2.05) is 56.7 Å². The number of likely N-dealkylation sites (tertiary alicyclic amines) is 1. The Morgan fingerprint density at radius 3 is 2.68 bits per heavy atom. The number of alkyl carbamates (subject to hydrolysis) is 1. The number of anilines is 1. The fourth-order valence-electron chi connectivity index (χ4n) is 5.91. The number of nitrogens with zero attached hydrogens (tertiary/aromatic N) is 3. The number of carbonyl (C=O) groups excluding carboxylic acids is 3. The van der Waals surface area contributed by atoms with Crippen LogP contribution < -0.4 is 20.7 Å². The molecule has 1 aromatic heterocycles. The van der Waals surface area contributed by atoms with E-state index in [0.717, 1.165) is 41.9 Å². The van der Waals surface area contributed by atoms with Crippen LogP contribution in [-0.4, -0.2) is 57.1 Å². The van der Waals surface area contributed by atoms with Gasteiger partial charge in [0.15, 0.2) is 0 Å². The van der Waals surface area contributed by atoms with E-state index in [0.29, 0.717) is 47.9 Å². The van der Waals surface area contributed by atoms with Crippen LogP contribution in [0.15, 0.2) is 73.2 Å². The minimum Gasteiger partial charge on any atom is -0.457 e. The van der Waals surface area contributed by atoms with Crippen molar-refractivity contribution >= 4 is 23.6 Å². The molecule has 11 heteroatoms. The molecule has 3 N–H and O–H groups in total. The molecular formula is C36H40N6O5. The van der Waals surface area contributed by atoms with Gasteiger partial charge in [-0.05, 0) is 113 Å². The van der Waals surface area contributed by atoms with Gasteiger partial charge in [0.25, 0.3) is 11.8 Å². The lowest BCUT2D eigenvalue weighted by Crippen LogP contribution is -2.48. The first-order chi connectivity index (χ1) is 22.5. The van der Waals surface area contributed by atoms with E-state index >= 15 is 0 Å². The van der Waals surface area contributed by atoms with Crippen molar-refractivity contribution in [2.75, 3.05) is 18.4 Å². The predicted octanol–water partition coefficient (Wildman–Crippen LogP) is 5.96. The summed E-state index contributed by atoms with van der Waals surface area (Å²) >= 11 is 0. The number of amides is 3. The molecule has 0 unspecified atom stereocenters. The van der Waals surface area contributed by atoms with E-state index in [1.54, 1.807) is 42.7 Å². The Morgan fingerprint density at radius 1 is 1.06 bits per heavy atom. The van der Waals surface area contributed by atoms with Crippen LogP contribution in [0.1, 0.15) is 71.1 Å². The molecule has 47 heavy (non-hydrogen) atoms. The number of aryl methyl sites for hydroxylation is 1. The normalized spacial score (nSPS) is 16.3. The summed E-state index contributed by atoms with van der Waals surface area (Å²) in [4.78, 5) is 44.5. The molecule has 0 saturated carbocycles. The zero-order valence-corrected chi connectivity index (χ0v) is 27.1. The molecule has 0 aliphatic carbocycles. The lowest BCUT2D eigenvalue weighted by molar-refractivity contribution is 0.0470. The first kappa shape index (κ1) is 31.8. The third kappa shape index (κ3) is 8.17. The molecule has 1 saturated heterocycles. The molecule has 3 heterocycles. The Kier molecular flexibility index (Phi) is 8.99. The van der Waals surface area contributed by atoms with Gasteiger partial charge in [0.2, 0.25) is 0 Å². The number of hydrogen-bond acceptors (Lipinski definition) is 7. The molecule has 0 spiro atoms. The third-order valence-electron chi connectivity index (χ3n) is 7.97. The Hall–Kier alpha value is -5.16. The molecule has 244 valence electrons. The van der Waals surface area contributed by atoms with Crippen molar-refractivity contribution < 1.29 is 23.9 Å². The van der Waals surface area contributed by atoms with E-state index in [-0.39, 0.29) is 17.9 Å². The number of hydrogen-bond donors (Lipinski definition) is 3. The highest BCUT2D eigenvalue weighted by Crippen LogP contribution is 2.28. The van der Waals surface area contributed by atoms with Gasteiger partial charge in [-0.1, -0.05) is 6.07 Å². The smallest absolute Gasteiger partial charge is 0.407 e. The van der Waals surface area contributed by atoms with Crippen molar-refractivity contribution in [2.24, 2.45) is 0 Å². The van der Waals surface area contributed by atoms with Gasteiger partial charge in [0, 0.05) is 54.4 Å². The molecule has 4 aromatic rings. The average Bonchev–Trinajstić information content (AvgIpc) is 3.61. The van der Waals surface area contributed by atoms with Crippen molar-refractivity contribution in [3.63, 3.8) is 0 Å². The van der Waals surface area contributed by atoms with Crippen LogP contribution in [-0.2, 0) is 17.8 Å². The first-order valence-electron chi connectivity index (χ1n) is 15.8. The van der Waals surface area contributed by atoms with Crippen molar-refractivity contribution in [3.8, 4) is 17.2 Å². The van der Waals surface area contributed by atoms with E-state index in [2.05, 4.69) is 31.9 Å². The fraction of sp³-hybridized carbons (Fsp3) is 0.333. The number of carbonyl (C=O) groups is 3. The van der Waals surface area contributed by atoms with Crippen LogP contribution >= 0.6 is 0 Å². The van der Waals surface area contributed by atoms with Gasteiger partial charge in [-0.3, -0.25) is 14.5 Å². The highest BCUT2D eigenvalue weighted by molar-refractivity contribution is 6.04. The number of imidazole rings is 1. The Balaban J connectivity index is 1.17. The summed E-state index contributed by atoms with van der Waals surface area (Å²) in [5, 5.41) is 8.90. The number of nitrogens with one attached hydrogen (secondary N) is 3. The zero-order chi connectivity index (χ0) is 33.1. The van der Waals surface area contributed by atoms with Crippen molar-refractivity contribution in [3.05, 3.63) is 101 Å². The van der Waals surface area contributed by atoms with Crippen LogP contribution in [0.2, 0.25) is 0 Å². The molecule has 2 aliphatic rings. The largest absolute Gasteiger partial charge is 0.457 e. The van der Waals surface area contributed by atoms with Crippen LogP contribution in [0, 0.1) is 6.92 Å². The Bertz CT molecular complexity index is 1810. The van der Waals surface area contributed by atoms with E-state index in [1.165, 1.54) is 0 Å². The lowest BCUT2D eigenvalue weighted by atomic mass is 10.0. The van der Waals surface area contributed by atoms with Crippen molar-refractivity contribution in [1.82, 2.24) is 25.1 Å². The summed E-state index contributed by atoms with van der Waals surface area (Å²) in [6.45, 7) is 10.2. The molecule has 3 amide bonds. The van der Waals surface area contributed by atoms with Crippen LogP contribution in [0.4, 0.5) is 10.5 Å². The number of rotatable bonds is 8. The van der Waals surface area contributed by atoms with E-state index in [4.69, 9.17) is 9.47 Å². The van der Waals surface area contributed by atoms with Gasteiger partial charge in [-0.25, -0.2) is 9.78 Å². The van der Waals surface area contributed by atoms with Gasteiger partial charge in [0.05, 0.1) is 12.0 Å². The number of ether oxygens (including phenoxy) is 2. The lowest BCUT2D eigenvalue weighted by Gasteiger charge is -2.33. The van der Waals surface area contributed by atoms with Gasteiger partial charge in [0.1, 0.15) is 17.1 Å². The minimum atomic E-state index is -0.553. The maximum Gasteiger partial charge on any atom is 0.407 e. The fourth-order valence-corrected chi connectivity index (χ4v) is 5.91. The number of aromatic nitrogens is 2. The van der Waals surface area contributed by atoms with Gasteiger partial charge >= 0.3 is 6.09 Å². The second kappa shape index (κ2) is 13.3. The molecule has 6 rings (SSSR count). The summed E-state index contributed by atoms with van der Waals surface area (Å²) in [6, 6.07) is 18.3. The van der Waals surface area contributed by atoms with Gasteiger partial charge in [-0.15, -0.1) is 0 Å². The number of fused-ring (bicyclic) bond motifs is 1. The second-order valence-electron chi connectivity index (χ2n) is 13.1. The molecule has 2 aliphatic heterocycles. The molecule has 11 nitrogen and oxygen atoms in total. The predicted molar refractivity (Wildman–Crippen MR) is 178 cm³/mol. The number of piperidine rings is 1. The van der Waals surface area contributed by atoms with Gasteiger partial charge < -0.3 is 30.0 Å². The summed E-state index contributed by atoms with van der Waals surface area (Å²) in [6.07, 6.45) is 5.13. The van der Waals surface area contributed by atoms with Gasteiger partial charge in [-0.2, -0.15) is 0 Å². The van der Waals surface area contributed by atoms with Crippen molar-refractivity contribution in [1.29, 1.82) is 0 Å². The highest BCUT2D eigenvalue weighted by Gasteiger charge is 2.25. The van der Waals surface area contributed by atoms with Crippen LogP contribution in [0.25, 0.3) is 5.69 Å². The topological polar surface area (TPSA) is 127 Å². The zero-order valence-electron chi connectivity index (χ0n) is 27.1. The van der Waals surface area contributed by atoms with Crippen molar-refractivity contribution in [2.45, 2.75) is 65.3 Å². The summed E-state index contributed by atoms with van der Waals surface area (Å²) in [5.74, 6) is 0.740. The first-order valence-corrected chi connectivity index (χ1v) is 15.8. The van der Waals surface area contributed by atoms with Crippen LogP contribution in [0.5, 0.6) is 11.5 Å². The molecule has 0 bridgehead atoms. The molecular weight excluding hydrogens is 596 g/mol. The summed E-state index contributed by atoms with van der Waals surface area (Å²) in [7, 11) is 0. The maximum absolute atomic E-state index is 13.5. The average molecular weight is 637 g/mol. The number of benzene rings is 3. The minimum absolute atomic E-state index is 0.0114. The van der Waals surface area contributed by atoms with E-state index < -0.39 is 11.7 Å². The summed E-state index contributed by atoms with van der Waals surface area (Å²) < 4.78 is 13.5. The standard InChI is InChI=1S/C36H40N6O5/c1-23-19-42(22-38-23)29-14-24(20-41-12-6-8-27(21-41)40-35(45)47-36(2,3)4)13-28(17-29)39-33(43)25-7-5-9-30(15-25)46-31-10-11-32-26(16-31)18-37-34(32)44/h5,7,9-11,13-17,19,22,27H,6,8,12,18,20-21H2,1-4H3,(H,37,44)(H,39,43)(H,40,45)/t27-/m0/s1. The monoisotopic (exact) mass is 636 g/mol. The maximum atomic E-state index is 13.5. The Morgan fingerprint density at radius 2 is 1.89 bits per heavy atom.